The monoisotopic (exact) mass is 189 g/mol. The van der Waals surface area contributed by atoms with Crippen LogP contribution in [0.5, 0.6) is 5.75 Å². The number of phenolic OH excluding ortho intramolecular Hbond substituents is 1. The Morgan fingerprint density at radius 3 is 3.07 bits per heavy atom. The molecule has 70 valence electrons. The summed E-state index contributed by atoms with van der Waals surface area (Å²) in [5, 5.41) is 22.1. The lowest BCUT2D eigenvalue weighted by Crippen LogP contribution is -1.79. The zero-order chi connectivity index (χ0) is 9.80. The van der Waals surface area contributed by atoms with Crippen molar-refractivity contribution in [3.8, 4) is 5.75 Å². The SMILES string of the molecule is Oc1cccc(C=Nc2nn[nH]n2)c1. The first-order chi connectivity index (χ1) is 6.84. The van der Waals surface area contributed by atoms with Crippen LogP contribution in [0.3, 0.4) is 0 Å². The van der Waals surface area contributed by atoms with Crippen molar-refractivity contribution < 1.29 is 5.11 Å². The van der Waals surface area contributed by atoms with Gasteiger partial charge in [-0.3, -0.25) is 0 Å². The van der Waals surface area contributed by atoms with Gasteiger partial charge in [0.15, 0.2) is 0 Å². The van der Waals surface area contributed by atoms with Gasteiger partial charge in [0.2, 0.25) is 0 Å². The third-order valence-electron chi connectivity index (χ3n) is 1.53. The Kier molecular flexibility index (Phi) is 2.18. The molecule has 0 atom stereocenters. The normalized spacial score (nSPS) is 10.9. The Labute approximate surface area is 79.3 Å². The molecule has 14 heavy (non-hydrogen) atoms. The molecule has 0 unspecified atom stereocenters. The van der Waals surface area contributed by atoms with Crippen molar-refractivity contribution in [2.24, 2.45) is 4.99 Å². The quantitative estimate of drug-likeness (QED) is 0.679. The van der Waals surface area contributed by atoms with E-state index < -0.39 is 0 Å². The molecular formula is C8H7N5O. The number of aromatic amines is 1. The standard InChI is InChI=1S/C8H7N5O/c14-7-3-1-2-6(4-7)5-9-8-10-12-13-11-8/h1-5,14H,(H,10,11,12,13). The molecule has 6 heteroatoms. The van der Waals surface area contributed by atoms with E-state index in [2.05, 4.69) is 25.6 Å². The third kappa shape index (κ3) is 1.92. The van der Waals surface area contributed by atoms with Gasteiger partial charge in [-0.2, -0.15) is 5.21 Å². The van der Waals surface area contributed by atoms with Gasteiger partial charge in [0.25, 0.3) is 5.95 Å². The molecule has 1 heterocycles. The van der Waals surface area contributed by atoms with Crippen LogP contribution in [0, 0.1) is 0 Å². The molecule has 0 amide bonds. The maximum atomic E-state index is 9.16. The van der Waals surface area contributed by atoms with Gasteiger partial charge < -0.3 is 5.11 Å². The summed E-state index contributed by atoms with van der Waals surface area (Å²) < 4.78 is 0. The second-order valence-corrected chi connectivity index (χ2v) is 2.56. The molecule has 0 saturated heterocycles. The molecule has 0 saturated carbocycles. The average molecular weight is 189 g/mol. The largest absolute Gasteiger partial charge is 0.508 e. The summed E-state index contributed by atoms with van der Waals surface area (Å²) in [4.78, 5) is 3.93. The Bertz CT molecular complexity index is 437. The van der Waals surface area contributed by atoms with Crippen LogP contribution in [-0.4, -0.2) is 31.9 Å². The Morgan fingerprint density at radius 2 is 2.36 bits per heavy atom. The van der Waals surface area contributed by atoms with Crippen molar-refractivity contribution in [1.29, 1.82) is 0 Å². The van der Waals surface area contributed by atoms with Crippen LogP contribution in [0.1, 0.15) is 5.56 Å². The summed E-state index contributed by atoms with van der Waals surface area (Å²) >= 11 is 0. The lowest BCUT2D eigenvalue weighted by molar-refractivity contribution is 0.475. The van der Waals surface area contributed by atoms with Gasteiger partial charge in [-0.25, -0.2) is 4.99 Å². The van der Waals surface area contributed by atoms with E-state index in [4.69, 9.17) is 5.11 Å². The minimum absolute atomic E-state index is 0.196. The molecule has 0 aliphatic rings. The highest BCUT2D eigenvalue weighted by atomic mass is 16.3. The van der Waals surface area contributed by atoms with E-state index in [-0.39, 0.29) is 11.7 Å². The highest BCUT2D eigenvalue weighted by molar-refractivity contribution is 5.81. The number of aromatic nitrogens is 4. The molecular weight excluding hydrogens is 182 g/mol. The highest BCUT2D eigenvalue weighted by Gasteiger charge is 1.93. The molecule has 0 bridgehead atoms. The summed E-state index contributed by atoms with van der Waals surface area (Å²) in [6, 6.07) is 6.71. The molecule has 1 aromatic carbocycles. The fourth-order valence-corrected chi connectivity index (χ4v) is 0.949. The summed E-state index contributed by atoms with van der Waals surface area (Å²) in [6.07, 6.45) is 1.55. The maximum absolute atomic E-state index is 9.16. The van der Waals surface area contributed by atoms with Crippen molar-refractivity contribution in [3.63, 3.8) is 0 Å². The first-order valence-electron chi connectivity index (χ1n) is 3.91. The highest BCUT2D eigenvalue weighted by Crippen LogP contribution is 2.09. The lowest BCUT2D eigenvalue weighted by atomic mass is 10.2. The van der Waals surface area contributed by atoms with E-state index in [0.29, 0.717) is 0 Å². The van der Waals surface area contributed by atoms with E-state index in [1.54, 1.807) is 24.4 Å². The smallest absolute Gasteiger partial charge is 0.288 e. The fraction of sp³-hybridized carbons (Fsp3) is 0. The summed E-state index contributed by atoms with van der Waals surface area (Å²) in [5.41, 5.74) is 0.773. The first kappa shape index (κ1) is 8.36. The molecule has 0 fully saturated rings. The van der Waals surface area contributed by atoms with Crippen LogP contribution < -0.4 is 0 Å². The van der Waals surface area contributed by atoms with Gasteiger partial charge in [0.05, 0.1) is 0 Å². The van der Waals surface area contributed by atoms with Gasteiger partial charge in [-0.1, -0.05) is 17.2 Å². The number of rotatable bonds is 2. The third-order valence-corrected chi connectivity index (χ3v) is 1.53. The maximum Gasteiger partial charge on any atom is 0.288 e. The van der Waals surface area contributed by atoms with E-state index in [1.807, 2.05) is 6.07 Å². The van der Waals surface area contributed by atoms with E-state index in [1.165, 1.54) is 0 Å². The van der Waals surface area contributed by atoms with Gasteiger partial charge >= 0.3 is 0 Å². The van der Waals surface area contributed by atoms with Crippen LogP contribution >= 0.6 is 0 Å². The zero-order valence-electron chi connectivity index (χ0n) is 7.12. The Hall–Kier alpha value is -2.24. The minimum Gasteiger partial charge on any atom is -0.508 e. The van der Waals surface area contributed by atoms with Crippen molar-refractivity contribution in [3.05, 3.63) is 29.8 Å². The number of hydrogen-bond donors (Lipinski definition) is 2. The summed E-state index contributed by atoms with van der Waals surface area (Å²) in [6.45, 7) is 0. The number of tetrazole rings is 1. The Balaban J connectivity index is 2.18. The van der Waals surface area contributed by atoms with E-state index >= 15 is 0 Å². The molecule has 2 rings (SSSR count). The second-order valence-electron chi connectivity index (χ2n) is 2.56. The van der Waals surface area contributed by atoms with Crippen LogP contribution in [0.4, 0.5) is 5.95 Å². The van der Waals surface area contributed by atoms with Gasteiger partial charge in [-0.05, 0) is 22.9 Å². The molecule has 0 aliphatic carbocycles. The number of nitrogens with one attached hydrogen (secondary N) is 1. The van der Waals surface area contributed by atoms with Crippen molar-refractivity contribution in [2.45, 2.75) is 0 Å². The predicted molar refractivity (Wildman–Crippen MR) is 49.5 cm³/mol. The summed E-state index contributed by atoms with van der Waals surface area (Å²) in [5.74, 6) is 0.454. The lowest BCUT2D eigenvalue weighted by Gasteiger charge is -1.92. The topological polar surface area (TPSA) is 87.0 Å². The van der Waals surface area contributed by atoms with Gasteiger partial charge in [0.1, 0.15) is 5.75 Å². The molecule has 0 aliphatic heterocycles. The second kappa shape index (κ2) is 3.65. The van der Waals surface area contributed by atoms with E-state index in [0.717, 1.165) is 5.56 Å². The van der Waals surface area contributed by atoms with Crippen LogP contribution in [0.15, 0.2) is 29.3 Å². The van der Waals surface area contributed by atoms with Crippen molar-refractivity contribution >= 4 is 12.2 Å². The van der Waals surface area contributed by atoms with Gasteiger partial charge in [0, 0.05) is 6.21 Å². The number of aromatic hydroxyl groups is 1. The van der Waals surface area contributed by atoms with Crippen LogP contribution in [-0.2, 0) is 0 Å². The van der Waals surface area contributed by atoms with Crippen molar-refractivity contribution in [2.75, 3.05) is 0 Å². The fourth-order valence-electron chi connectivity index (χ4n) is 0.949. The number of nitrogens with zero attached hydrogens (tertiary/aromatic N) is 4. The number of phenols is 1. The first-order valence-corrected chi connectivity index (χ1v) is 3.91. The molecule has 0 spiro atoms. The molecule has 0 radical (unpaired) electrons. The molecule has 1 aromatic heterocycles. The number of benzene rings is 1. The number of aliphatic imine (C=N–C) groups is 1. The summed E-state index contributed by atoms with van der Waals surface area (Å²) in [7, 11) is 0. The number of H-pyrrole nitrogens is 1. The predicted octanol–water partition coefficient (Wildman–Crippen LogP) is 0.656. The van der Waals surface area contributed by atoms with Crippen LogP contribution in [0.25, 0.3) is 0 Å². The molecule has 2 N–H and O–H groups in total. The average Bonchev–Trinajstić information content (AvgIpc) is 2.67. The number of hydrogen-bond acceptors (Lipinski definition) is 5. The molecule has 2 aromatic rings. The van der Waals surface area contributed by atoms with Gasteiger partial charge in [-0.15, -0.1) is 5.10 Å². The minimum atomic E-state index is 0.196. The Morgan fingerprint density at radius 1 is 1.43 bits per heavy atom. The van der Waals surface area contributed by atoms with Crippen LogP contribution in [0.2, 0.25) is 0 Å². The van der Waals surface area contributed by atoms with Crippen molar-refractivity contribution in [1.82, 2.24) is 20.6 Å². The van der Waals surface area contributed by atoms with E-state index in [9.17, 15) is 0 Å². The molecule has 6 nitrogen and oxygen atoms in total. The zero-order valence-corrected chi connectivity index (χ0v) is 7.12.